The molecule has 0 saturated heterocycles. The number of aliphatic hydroxyl groups excluding tert-OH is 1. The lowest BCUT2D eigenvalue weighted by Crippen LogP contribution is -2.39. The smallest absolute Gasteiger partial charge is 0.396 e. The molecular formula is C14H18F3NO2. The van der Waals surface area contributed by atoms with Gasteiger partial charge in [0.2, 0.25) is 5.91 Å². The Kier molecular flexibility index (Phi) is 5.56. The van der Waals surface area contributed by atoms with Crippen molar-refractivity contribution < 1.29 is 23.1 Å². The lowest BCUT2D eigenvalue weighted by molar-refractivity contribution is -0.137. The van der Waals surface area contributed by atoms with Gasteiger partial charge in [-0.3, -0.25) is 4.79 Å². The maximum absolute atomic E-state index is 12.5. The molecule has 0 aromatic heterocycles. The lowest BCUT2D eigenvalue weighted by atomic mass is 10.0. The summed E-state index contributed by atoms with van der Waals surface area (Å²) in [5.41, 5.74) is -0.458. The molecule has 0 spiro atoms. The average molecular weight is 289 g/mol. The molecule has 112 valence electrons. The van der Waals surface area contributed by atoms with Crippen LogP contribution in [0.15, 0.2) is 24.3 Å². The minimum atomic E-state index is -4.41. The molecule has 0 radical (unpaired) electrons. The first-order valence-electron chi connectivity index (χ1n) is 6.30. The monoisotopic (exact) mass is 289 g/mol. The zero-order valence-electron chi connectivity index (χ0n) is 11.4. The van der Waals surface area contributed by atoms with Gasteiger partial charge in [0.15, 0.2) is 0 Å². The van der Waals surface area contributed by atoms with Crippen LogP contribution in [0.1, 0.15) is 25.0 Å². The van der Waals surface area contributed by atoms with Crippen molar-refractivity contribution in [3.05, 3.63) is 35.4 Å². The van der Waals surface area contributed by atoms with Gasteiger partial charge in [0.05, 0.1) is 12.0 Å². The molecule has 20 heavy (non-hydrogen) atoms. The molecule has 6 heteroatoms. The summed E-state index contributed by atoms with van der Waals surface area (Å²) in [7, 11) is 0. The Morgan fingerprint density at radius 2 is 2.00 bits per heavy atom. The van der Waals surface area contributed by atoms with E-state index in [0.717, 1.165) is 12.1 Å². The highest BCUT2D eigenvalue weighted by Gasteiger charge is 2.30. The molecule has 1 rings (SSSR count). The Bertz CT molecular complexity index is 460. The molecule has 2 atom stereocenters. The summed E-state index contributed by atoms with van der Waals surface area (Å²) in [6, 6.07) is 4.47. The summed E-state index contributed by atoms with van der Waals surface area (Å²) in [5, 5.41) is 11.6. The van der Waals surface area contributed by atoms with E-state index in [1.807, 2.05) is 0 Å². The van der Waals surface area contributed by atoms with Gasteiger partial charge in [-0.1, -0.05) is 25.1 Å². The van der Waals surface area contributed by atoms with E-state index in [1.54, 1.807) is 13.8 Å². The van der Waals surface area contributed by atoms with Crippen LogP contribution >= 0.6 is 0 Å². The highest BCUT2D eigenvalue weighted by atomic mass is 19.4. The number of alkyl halides is 3. The Morgan fingerprint density at radius 3 is 2.55 bits per heavy atom. The summed E-state index contributed by atoms with van der Waals surface area (Å²) >= 11 is 0. The standard InChI is InChI=1S/C14H18F3NO2/c1-9(8-19)10(2)18-13(20)7-11-4-3-5-12(6-11)14(15,16)17/h3-6,9-10,19H,7-8H2,1-2H3,(H,18,20). The van der Waals surface area contributed by atoms with Crippen molar-refractivity contribution >= 4 is 5.91 Å². The van der Waals surface area contributed by atoms with Crippen LogP contribution in [0.3, 0.4) is 0 Å². The Morgan fingerprint density at radius 1 is 1.35 bits per heavy atom. The normalized spacial score (nSPS) is 14.7. The van der Waals surface area contributed by atoms with Crippen LogP contribution < -0.4 is 5.32 Å². The van der Waals surface area contributed by atoms with Gasteiger partial charge in [0, 0.05) is 12.6 Å². The third kappa shape index (κ3) is 4.85. The van der Waals surface area contributed by atoms with Crippen LogP contribution in [0.5, 0.6) is 0 Å². The first-order chi connectivity index (χ1) is 9.24. The molecule has 1 amide bonds. The Balaban J connectivity index is 2.67. The molecule has 0 aliphatic heterocycles. The molecule has 0 saturated carbocycles. The first kappa shape index (κ1) is 16.5. The molecular weight excluding hydrogens is 271 g/mol. The van der Waals surface area contributed by atoms with Crippen LogP contribution in [0.2, 0.25) is 0 Å². The largest absolute Gasteiger partial charge is 0.416 e. The van der Waals surface area contributed by atoms with Gasteiger partial charge in [-0.05, 0) is 24.5 Å². The number of carbonyl (C=O) groups excluding carboxylic acids is 1. The zero-order valence-corrected chi connectivity index (χ0v) is 11.4. The molecule has 0 fully saturated rings. The molecule has 1 aromatic carbocycles. The number of aliphatic hydroxyl groups is 1. The number of hydrogen-bond donors (Lipinski definition) is 2. The van der Waals surface area contributed by atoms with Crippen molar-refractivity contribution in [2.75, 3.05) is 6.61 Å². The summed E-state index contributed by atoms with van der Waals surface area (Å²) in [4.78, 5) is 11.7. The third-order valence-electron chi connectivity index (χ3n) is 3.15. The van der Waals surface area contributed by atoms with E-state index in [-0.39, 0.29) is 30.9 Å². The number of hydrogen-bond acceptors (Lipinski definition) is 2. The van der Waals surface area contributed by atoms with Crippen LogP contribution in [-0.4, -0.2) is 23.7 Å². The SMILES string of the molecule is CC(CO)C(C)NC(=O)Cc1cccc(C(F)(F)F)c1. The molecule has 0 heterocycles. The average Bonchev–Trinajstić information content (AvgIpc) is 2.36. The maximum atomic E-state index is 12.5. The van der Waals surface area contributed by atoms with E-state index in [0.29, 0.717) is 5.56 Å². The first-order valence-corrected chi connectivity index (χ1v) is 6.30. The fourth-order valence-electron chi connectivity index (χ4n) is 1.65. The second-order valence-electron chi connectivity index (χ2n) is 4.89. The highest BCUT2D eigenvalue weighted by Crippen LogP contribution is 2.29. The predicted molar refractivity (Wildman–Crippen MR) is 69.0 cm³/mol. The highest BCUT2D eigenvalue weighted by molar-refractivity contribution is 5.78. The predicted octanol–water partition coefficient (Wildman–Crippen LogP) is 2.38. The Labute approximate surface area is 115 Å². The fraction of sp³-hybridized carbons (Fsp3) is 0.500. The molecule has 0 aliphatic carbocycles. The molecule has 0 aliphatic rings. The lowest BCUT2D eigenvalue weighted by Gasteiger charge is -2.19. The molecule has 3 nitrogen and oxygen atoms in total. The molecule has 2 unspecified atom stereocenters. The molecule has 1 aromatic rings. The van der Waals surface area contributed by atoms with Crippen molar-refractivity contribution in [1.82, 2.24) is 5.32 Å². The third-order valence-corrected chi connectivity index (χ3v) is 3.15. The van der Waals surface area contributed by atoms with Crippen LogP contribution in [0.4, 0.5) is 13.2 Å². The summed E-state index contributed by atoms with van der Waals surface area (Å²) in [6.45, 7) is 3.45. The van der Waals surface area contributed by atoms with Crippen molar-refractivity contribution in [2.45, 2.75) is 32.5 Å². The van der Waals surface area contributed by atoms with Crippen molar-refractivity contribution in [3.8, 4) is 0 Å². The van der Waals surface area contributed by atoms with Crippen LogP contribution in [0, 0.1) is 5.92 Å². The number of nitrogens with one attached hydrogen (secondary N) is 1. The van der Waals surface area contributed by atoms with Gasteiger partial charge in [0.25, 0.3) is 0 Å². The number of carbonyl (C=O) groups is 1. The fourth-order valence-corrected chi connectivity index (χ4v) is 1.65. The maximum Gasteiger partial charge on any atom is 0.416 e. The van der Waals surface area contributed by atoms with Crippen molar-refractivity contribution in [1.29, 1.82) is 0 Å². The summed E-state index contributed by atoms with van der Waals surface area (Å²) in [6.07, 6.45) is -4.53. The van der Waals surface area contributed by atoms with Gasteiger partial charge >= 0.3 is 6.18 Å². The van der Waals surface area contributed by atoms with Crippen molar-refractivity contribution in [3.63, 3.8) is 0 Å². The van der Waals surface area contributed by atoms with E-state index >= 15 is 0 Å². The summed E-state index contributed by atoms with van der Waals surface area (Å²) in [5.74, 6) is -0.474. The van der Waals surface area contributed by atoms with E-state index in [1.165, 1.54) is 12.1 Å². The van der Waals surface area contributed by atoms with Gasteiger partial charge in [-0.2, -0.15) is 13.2 Å². The van der Waals surface area contributed by atoms with Gasteiger partial charge < -0.3 is 10.4 Å². The Hall–Kier alpha value is -1.56. The molecule has 0 bridgehead atoms. The number of rotatable bonds is 5. The van der Waals surface area contributed by atoms with Crippen LogP contribution in [-0.2, 0) is 17.4 Å². The topological polar surface area (TPSA) is 49.3 Å². The van der Waals surface area contributed by atoms with Gasteiger partial charge in [-0.25, -0.2) is 0 Å². The second kappa shape index (κ2) is 6.74. The number of benzene rings is 1. The minimum absolute atomic E-state index is 0.0645. The quantitative estimate of drug-likeness (QED) is 0.874. The number of halogens is 3. The van der Waals surface area contributed by atoms with Gasteiger partial charge in [0.1, 0.15) is 0 Å². The van der Waals surface area contributed by atoms with E-state index < -0.39 is 11.7 Å². The zero-order chi connectivity index (χ0) is 15.3. The van der Waals surface area contributed by atoms with E-state index in [4.69, 9.17) is 5.11 Å². The van der Waals surface area contributed by atoms with E-state index in [9.17, 15) is 18.0 Å². The van der Waals surface area contributed by atoms with Crippen molar-refractivity contribution in [2.24, 2.45) is 5.92 Å². The molecule has 2 N–H and O–H groups in total. The van der Waals surface area contributed by atoms with Crippen LogP contribution in [0.25, 0.3) is 0 Å². The second-order valence-corrected chi connectivity index (χ2v) is 4.89. The van der Waals surface area contributed by atoms with E-state index in [2.05, 4.69) is 5.32 Å². The summed E-state index contributed by atoms with van der Waals surface area (Å²) < 4.78 is 37.6. The number of amides is 1. The van der Waals surface area contributed by atoms with Gasteiger partial charge in [-0.15, -0.1) is 0 Å². The minimum Gasteiger partial charge on any atom is -0.396 e.